The van der Waals surface area contributed by atoms with Crippen molar-refractivity contribution in [2.24, 2.45) is 16.8 Å². The summed E-state index contributed by atoms with van der Waals surface area (Å²) in [5.74, 6) is -0.156. The highest BCUT2D eigenvalue weighted by molar-refractivity contribution is 6.09. The Kier molecular flexibility index (Phi) is 3.43. The van der Waals surface area contributed by atoms with Crippen molar-refractivity contribution < 1.29 is 14.3 Å². The quantitative estimate of drug-likeness (QED) is 0.607. The Morgan fingerprint density at radius 3 is 2.88 bits per heavy atom. The first-order valence-electron chi connectivity index (χ1n) is 9.35. The molecule has 0 aromatic heterocycles. The van der Waals surface area contributed by atoms with E-state index < -0.39 is 5.41 Å². The number of carbonyl (C=O) groups is 1. The molecule has 136 valence electrons. The van der Waals surface area contributed by atoms with E-state index in [-0.39, 0.29) is 30.1 Å². The van der Waals surface area contributed by atoms with Crippen molar-refractivity contribution in [1.29, 1.82) is 0 Å². The van der Waals surface area contributed by atoms with E-state index in [9.17, 15) is 4.79 Å². The van der Waals surface area contributed by atoms with Gasteiger partial charge in [0, 0.05) is 25.8 Å². The van der Waals surface area contributed by atoms with Gasteiger partial charge in [0.25, 0.3) is 0 Å². The van der Waals surface area contributed by atoms with Gasteiger partial charge < -0.3 is 9.47 Å². The molecule has 5 rings (SSSR count). The van der Waals surface area contributed by atoms with E-state index in [0.717, 1.165) is 30.8 Å². The zero-order valence-corrected chi connectivity index (χ0v) is 15.4. The lowest BCUT2D eigenvalue weighted by Crippen LogP contribution is -2.71. The highest BCUT2D eigenvalue weighted by Gasteiger charge is 2.67. The summed E-state index contributed by atoms with van der Waals surface area (Å²) in [6.07, 6.45) is 3.82. The van der Waals surface area contributed by atoms with Crippen LogP contribution in [-0.2, 0) is 19.7 Å². The minimum absolute atomic E-state index is 0.0199. The van der Waals surface area contributed by atoms with E-state index >= 15 is 0 Å². The predicted octanol–water partition coefficient (Wildman–Crippen LogP) is 2.83. The third kappa shape index (κ3) is 1.78. The first kappa shape index (κ1) is 16.2. The molecule has 4 aliphatic rings. The number of ether oxygens (including phenoxy) is 2. The van der Waals surface area contributed by atoms with E-state index in [1.807, 2.05) is 6.07 Å². The Hall–Kier alpha value is -1.98. The van der Waals surface area contributed by atoms with Crippen LogP contribution < -0.4 is 0 Å². The van der Waals surface area contributed by atoms with Crippen molar-refractivity contribution in [1.82, 2.24) is 4.90 Å². The molecular formula is C21H24N2O3. The average Bonchev–Trinajstić information content (AvgIpc) is 3.02. The zero-order valence-electron chi connectivity index (χ0n) is 15.4. The van der Waals surface area contributed by atoms with E-state index in [2.05, 4.69) is 36.1 Å². The van der Waals surface area contributed by atoms with Crippen LogP contribution in [-0.4, -0.2) is 49.6 Å². The number of fused-ring (bicyclic) bond motifs is 2. The summed E-state index contributed by atoms with van der Waals surface area (Å²) < 4.78 is 11.3. The Morgan fingerprint density at radius 2 is 2.15 bits per heavy atom. The number of nitrogens with zero attached hydrogens (tertiary/aromatic N) is 2. The molecule has 26 heavy (non-hydrogen) atoms. The molecule has 0 amide bonds. The lowest BCUT2D eigenvalue weighted by molar-refractivity contribution is -0.158. The van der Waals surface area contributed by atoms with Crippen molar-refractivity contribution in [3.05, 3.63) is 41.5 Å². The molecule has 3 bridgehead atoms. The van der Waals surface area contributed by atoms with Crippen molar-refractivity contribution in [2.45, 2.75) is 37.5 Å². The summed E-state index contributed by atoms with van der Waals surface area (Å²) >= 11 is 0. The standard InChI is InChI=1S/C21H24N2O3/c1-4-12-11-23-16-9-13(12)18(20(24)26-3)21(10-17(23)25-2)14-7-5-6-8-15(14)22-19(16)21/h4-8,13,16-18H,9-11H2,1-3H3/t13-,16+,17+,18?,21+/m1/s1. The number of benzene rings is 1. The maximum absolute atomic E-state index is 13.1. The topological polar surface area (TPSA) is 51.1 Å². The third-order valence-electron chi connectivity index (χ3n) is 7.01. The van der Waals surface area contributed by atoms with Gasteiger partial charge in [-0.2, -0.15) is 0 Å². The lowest BCUT2D eigenvalue weighted by Gasteiger charge is -2.61. The van der Waals surface area contributed by atoms with E-state index in [1.54, 1.807) is 7.11 Å². The number of piperidine rings is 2. The molecule has 0 radical (unpaired) electrons. The molecule has 0 N–H and O–H groups in total. The Labute approximate surface area is 153 Å². The molecular weight excluding hydrogens is 328 g/mol. The van der Waals surface area contributed by atoms with Crippen molar-refractivity contribution >= 4 is 17.4 Å². The number of hydrogen-bond acceptors (Lipinski definition) is 5. The molecule has 1 aromatic rings. The van der Waals surface area contributed by atoms with Crippen LogP contribution in [0.2, 0.25) is 0 Å². The van der Waals surface area contributed by atoms with Gasteiger partial charge in [0.15, 0.2) is 0 Å². The van der Waals surface area contributed by atoms with Crippen LogP contribution in [0.4, 0.5) is 5.69 Å². The van der Waals surface area contributed by atoms with E-state index in [1.165, 1.54) is 18.2 Å². The van der Waals surface area contributed by atoms with Crippen LogP contribution in [0.5, 0.6) is 0 Å². The number of methoxy groups -OCH3 is 2. The molecule has 3 heterocycles. The SMILES string of the molecule is CC=C1CN2[C@@H](OC)C[C@]34C(=Nc5ccccc53)[C@@H]2C[C@H]1C4C(=O)OC. The fourth-order valence-corrected chi connectivity index (χ4v) is 6.00. The first-order chi connectivity index (χ1) is 12.7. The second kappa shape index (κ2) is 5.51. The number of carbonyl (C=O) groups excluding carboxylic acids is 1. The van der Waals surface area contributed by atoms with Gasteiger partial charge in [-0.15, -0.1) is 0 Å². The molecule has 5 nitrogen and oxygen atoms in total. The van der Waals surface area contributed by atoms with Crippen LogP contribution >= 0.6 is 0 Å². The highest BCUT2D eigenvalue weighted by atomic mass is 16.5. The Bertz CT molecular complexity index is 845. The molecule has 3 aliphatic heterocycles. The minimum Gasteiger partial charge on any atom is -0.469 e. The van der Waals surface area contributed by atoms with Crippen molar-refractivity contribution in [2.75, 3.05) is 20.8 Å². The largest absolute Gasteiger partial charge is 0.469 e. The van der Waals surface area contributed by atoms with Gasteiger partial charge in [0.1, 0.15) is 6.23 Å². The third-order valence-corrected chi connectivity index (χ3v) is 7.01. The maximum atomic E-state index is 13.1. The monoisotopic (exact) mass is 352 g/mol. The summed E-state index contributed by atoms with van der Waals surface area (Å²) in [6.45, 7) is 2.91. The smallest absolute Gasteiger partial charge is 0.310 e. The highest BCUT2D eigenvalue weighted by Crippen LogP contribution is 2.61. The summed E-state index contributed by atoms with van der Waals surface area (Å²) in [7, 11) is 3.28. The second-order valence-corrected chi connectivity index (χ2v) is 7.77. The van der Waals surface area contributed by atoms with Crippen LogP contribution in [0, 0.1) is 11.8 Å². The van der Waals surface area contributed by atoms with E-state index in [0.29, 0.717) is 0 Å². The molecule has 5 atom stereocenters. The normalized spacial score (nSPS) is 38.7. The molecule has 1 saturated carbocycles. The van der Waals surface area contributed by atoms with Crippen molar-refractivity contribution in [3.8, 4) is 0 Å². The fourth-order valence-electron chi connectivity index (χ4n) is 6.00. The molecule has 1 aromatic carbocycles. The molecule has 5 heteroatoms. The van der Waals surface area contributed by atoms with Gasteiger partial charge >= 0.3 is 5.97 Å². The second-order valence-electron chi connectivity index (χ2n) is 7.77. The predicted molar refractivity (Wildman–Crippen MR) is 98.5 cm³/mol. The fraction of sp³-hybridized carbons (Fsp3) is 0.524. The first-order valence-corrected chi connectivity index (χ1v) is 9.35. The van der Waals surface area contributed by atoms with Gasteiger partial charge in [-0.1, -0.05) is 29.8 Å². The Balaban J connectivity index is 1.80. The van der Waals surface area contributed by atoms with Crippen LogP contribution in [0.3, 0.4) is 0 Å². The summed E-state index contributed by atoms with van der Waals surface area (Å²) in [6, 6.07) is 8.51. The minimum atomic E-state index is -0.414. The summed E-state index contributed by atoms with van der Waals surface area (Å²) in [5.41, 5.74) is 4.22. The maximum Gasteiger partial charge on any atom is 0.310 e. The van der Waals surface area contributed by atoms with Gasteiger partial charge in [-0.05, 0) is 30.9 Å². The molecule has 1 aliphatic carbocycles. The number of allylic oxidation sites excluding steroid dienone is 1. The molecule has 1 unspecified atom stereocenters. The number of hydrogen-bond donors (Lipinski definition) is 0. The molecule has 2 saturated heterocycles. The number of para-hydroxylation sites is 1. The Morgan fingerprint density at radius 1 is 1.35 bits per heavy atom. The average molecular weight is 352 g/mol. The lowest BCUT2D eigenvalue weighted by atomic mass is 9.50. The number of rotatable bonds is 2. The van der Waals surface area contributed by atoms with Gasteiger partial charge in [0.2, 0.25) is 0 Å². The summed E-state index contributed by atoms with van der Waals surface area (Å²) in [4.78, 5) is 20.6. The van der Waals surface area contributed by atoms with Gasteiger partial charge in [-0.3, -0.25) is 14.7 Å². The number of esters is 1. The van der Waals surface area contributed by atoms with Gasteiger partial charge in [-0.25, -0.2) is 0 Å². The number of aliphatic imine (C=N–C) groups is 1. The van der Waals surface area contributed by atoms with Crippen molar-refractivity contribution in [3.63, 3.8) is 0 Å². The van der Waals surface area contributed by atoms with Crippen LogP contribution in [0.15, 0.2) is 40.9 Å². The molecule has 3 fully saturated rings. The molecule has 0 spiro atoms. The van der Waals surface area contributed by atoms with Crippen LogP contribution in [0.1, 0.15) is 25.3 Å². The van der Waals surface area contributed by atoms with Gasteiger partial charge in [0.05, 0.1) is 30.2 Å². The zero-order chi connectivity index (χ0) is 18.1. The summed E-state index contributed by atoms with van der Waals surface area (Å²) in [5, 5.41) is 0. The van der Waals surface area contributed by atoms with Crippen LogP contribution in [0.25, 0.3) is 0 Å². The van der Waals surface area contributed by atoms with E-state index in [4.69, 9.17) is 14.5 Å².